The van der Waals surface area contributed by atoms with Crippen LogP contribution < -0.4 is 5.32 Å². The summed E-state index contributed by atoms with van der Waals surface area (Å²) in [5, 5.41) is 6.59. The first-order valence-electron chi connectivity index (χ1n) is 3.89. The number of nitrogens with zero attached hydrogens (tertiary/aromatic N) is 1. The van der Waals surface area contributed by atoms with E-state index in [-0.39, 0.29) is 0 Å². The molecule has 1 heterocycles. The van der Waals surface area contributed by atoms with Gasteiger partial charge in [0.1, 0.15) is 5.01 Å². The summed E-state index contributed by atoms with van der Waals surface area (Å²) >= 11 is 1.72. The summed E-state index contributed by atoms with van der Waals surface area (Å²) < 4.78 is 0. The van der Waals surface area contributed by atoms with Gasteiger partial charge in [0.25, 0.3) is 0 Å². The van der Waals surface area contributed by atoms with Crippen LogP contribution in [0, 0.1) is 6.92 Å². The fourth-order valence-electron chi connectivity index (χ4n) is 0.965. The minimum Gasteiger partial charge on any atom is -0.308 e. The molecule has 1 N–H and O–H groups in total. The first-order chi connectivity index (χ1) is 5.24. The molecule has 1 atom stereocenters. The molecule has 0 fully saturated rings. The molecule has 0 aliphatic carbocycles. The van der Waals surface area contributed by atoms with Gasteiger partial charge in [-0.2, -0.15) is 0 Å². The lowest BCUT2D eigenvalue weighted by Crippen LogP contribution is -2.17. The monoisotopic (exact) mass is 170 g/mol. The molecule has 0 aromatic carbocycles. The van der Waals surface area contributed by atoms with Crippen LogP contribution in [0.5, 0.6) is 0 Å². The Kier molecular flexibility index (Phi) is 3.02. The first-order valence-corrected chi connectivity index (χ1v) is 4.77. The van der Waals surface area contributed by atoms with Gasteiger partial charge in [0, 0.05) is 11.1 Å². The smallest absolute Gasteiger partial charge is 0.110 e. The molecule has 0 aliphatic heterocycles. The van der Waals surface area contributed by atoms with Crippen molar-refractivity contribution in [3.63, 3.8) is 0 Å². The van der Waals surface area contributed by atoms with Crippen LogP contribution in [0.25, 0.3) is 0 Å². The molecule has 0 aliphatic rings. The molecule has 62 valence electrons. The lowest BCUT2D eigenvalue weighted by molar-refractivity contribution is 0.594. The number of aromatic nitrogens is 1. The van der Waals surface area contributed by atoms with E-state index in [4.69, 9.17) is 0 Å². The van der Waals surface area contributed by atoms with Gasteiger partial charge < -0.3 is 5.32 Å². The average Bonchev–Trinajstić information content (AvgIpc) is 2.36. The molecule has 0 amide bonds. The zero-order valence-electron chi connectivity index (χ0n) is 7.22. The van der Waals surface area contributed by atoms with Crippen molar-refractivity contribution in [2.24, 2.45) is 0 Å². The summed E-state index contributed by atoms with van der Waals surface area (Å²) in [6, 6.07) is 0.402. The Hall–Kier alpha value is -0.410. The lowest BCUT2D eigenvalue weighted by Gasteiger charge is -2.07. The van der Waals surface area contributed by atoms with Crippen LogP contribution in [-0.2, 0) is 0 Å². The predicted octanol–water partition coefficient (Wildman–Crippen LogP) is 2.12. The highest BCUT2D eigenvalue weighted by atomic mass is 32.1. The molecule has 0 saturated heterocycles. The number of nitrogens with one attached hydrogen (secondary N) is 1. The number of hydrogen-bond donors (Lipinski definition) is 1. The maximum atomic E-state index is 4.39. The summed E-state index contributed by atoms with van der Waals surface area (Å²) in [6.07, 6.45) is 0. The summed E-state index contributed by atoms with van der Waals surface area (Å²) in [5.74, 6) is 0. The van der Waals surface area contributed by atoms with Crippen molar-refractivity contribution in [3.05, 3.63) is 16.1 Å². The van der Waals surface area contributed by atoms with E-state index >= 15 is 0 Å². The zero-order valence-corrected chi connectivity index (χ0v) is 8.03. The Balaban J connectivity index is 2.60. The molecule has 0 bridgehead atoms. The zero-order chi connectivity index (χ0) is 8.27. The molecule has 2 nitrogen and oxygen atoms in total. The van der Waals surface area contributed by atoms with Gasteiger partial charge in [0.05, 0.1) is 6.04 Å². The first kappa shape index (κ1) is 8.68. The second-order valence-electron chi connectivity index (χ2n) is 2.61. The average molecular weight is 170 g/mol. The van der Waals surface area contributed by atoms with E-state index in [0.717, 1.165) is 12.2 Å². The third kappa shape index (κ3) is 2.27. The van der Waals surface area contributed by atoms with E-state index in [2.05, 4.69) is 29.5 Å². The van der Waals surface area contributed by atoms with E-state index in [1.165, 1.54) is 5.01 Å². The number of rotatable bonds is 3. The Bertz CT molecular complexity index is 220. The van der Waals surface area contributed by atoms with E-state index in [0.29, 0.717) is 6.04 Å². The van der Waals surface area contributed by atoms with Gasteiger partial charge in [0.15, 0.2) is 0 Å². The van der Waals surface area contributed by atoms with Gasteiger partial charge in [-0.15, -0.1) is 11.3 Å². The third-order valence-electron chi connectivity index (χ3n) is 1.52. The fraction of sp³-hybridized carbons (Fsp3) is 0.625. The topological polar surface area (TPSA) is 24.9 Å². The van der Waals surface area contributed by atoms with Crippen molar-refractivity contribution < 1.29 is 0 Å². The molecule has 1 rings (SSSR count). The van der Waals surface area contributed by atoms with Crippen LogP contribution in [0.3, 0.4) is 0 Å². The summed E-state index contributed by atoms with van der Waals surface area (Å²) in [4.78, 5) is 4.39. The largest absolute Gasteiger partial charge is 0.308 e. The molecule has 1 aromatic rings. The molecular formula is C8H14N2S. The Morgan fingerprint density at radius 3 is 2.91 bits per heavy atom. The highest BCUT2D eigenvalue weighted by Gasteiger charge is 2.06. The van der Waals surface area contributed by atoms with Crippen molar-refractivity contribution in [1.29, 1.82) is 0 Å². The molecule has 1 aromatic heterocycles. The fourth-order valence-corrected chi connectivity index (χ4v) is 1.79. The molecule has 11 heavy (non-hydrogen) atoms. The molecule has 1 unspecified atom stereocenters. The highest BCUT2D eigenvalue weighted by Crippen LogP contribution is 2.16. The minimum atomic E-state index is 0.402. The van der Waals surface area contributed by atoms with Gasteiger partial charge in [-0.25, -0.2) is 4.98 Å². The Morgan fingerprint density at radius 1 is 1.73 bits per heavy atom. The molecule has 0 saturated carbocycles. The van der Waals surface area contributed by atoms with Crippen LogP contribution in [-0.4, -0.2) is 11.5 Å². The number of aryl methyl sites for hydroxylation is 1. The number of hydrogen-bond acceptors (Lipinski definition) is 3. The van der Waals surface area contributed by atoms with E-state index in [1.54, 1.807) is 11.3 Å². The predicted molar refractivity (Wildman–Crippen MR) is 48.9 cm³/mol. The third-order valence-corrected chi connectivity index (χ3v) is 2.66. The molecule has 3 heteroatoms. The highest BCUT2D eigenvalue weighted by molar-refractivity contribution is 7.09. The van der Waals surface area contributed by atoms with Crippen LogP contribution >= 0.6 is 11.3 Å². The van der Waals surface area contributed by atoms with Crippen LogP contribution in [0.15, 0.2) is 5.38 Å². The van der Waals surface area contributed by atoms with E-state index < -0.39 is 0 Å². The van der Waals surface area contributed by atoms with Crippen molar-refractivity contribution in [3.8, 4) is 0 Å². The maximum Gasteiger partial charge on any atom is 0.110 e. The quantitative estimate of drug-likeness (QED) is 0.751. The van der Waals surface area contributed by atoms with Gasteiger partial charge >= 0.3 is 0 Å². The van der Waals surface area contributed by atoms with Crippen molar-refractivity contribution in [2.45, 2.75) is 26.8 Å². The van der Waals surface area contributed by atoms with E-state index in [9.17, 15) is 0 Å². The Morgan fingerprint density at radius 2 is 2.45 bits per heavy atom. The van der Waals surface area contributed by atoms with Gasteiger partial charge in [-0.05, 0) is 20.4 Å². The molecule has 0 spiro atoms. The van der Waals surface area contributed by atoms with Gasteiger partial charge in [-0.1, -0.05) is 6.92 Å². The standard InChI is InChI=1S/C8H14N2S/c1-4-9-7(3)8-10-6(2)5-11-8/h5,7,9H,4H2,1-3H3. The normalized spacial score (nSPS) is 13.4. The second kappa shape index (κ2) is 3.83. The summed E-state index contributed by atoms with van der Waals surface area (Å²) in [7, 11) is 0. The molecule has 0 radical (unpaired) electrons. The summed E-state index contributed by atoms with van der Waals surface area (Å²) in [5.41, 5.74) is 1.12. The van der Waals surface area contributed by atoms with Crippen molar-refractivity contribution in [1.82, 2.24) is 10.3 Å². The van der Waals surface area contributed by atoms with Crippen molar-refractivity contribution >= 4 is 11.3 Å². The second-order valence-corrected chi connectivity index (χ2v) is 3.50. The van der Waals surface area contributed by atoms with E-state index in [1.807, 2.05) is 6.92 Å². The Labute approximate surface area is 71.7 Å². The van der Waals surface area contributed by atoms with Crippen LogP contribution in [0.2, 0.25) is 0 Å². The lowest BCUT2D eigenvalue weighted by atomic mass is 10.3. The van der Waals surface area contributed by atoms with Crippen LogP contribution in [0.1, 0.15) is 30.6 Å². The van der Waals surface area contributed by atoms with Gasteiger partial charge in [0.2, 0.25) is 0 Å². The number of thiazole rings is 1. The SMILES string of the molecule is CCNC(C)c1nc(C)cs1. The van der Waals surface area contributed by atoms with Crippen LogP contribution in [0.4, 0.5) is 0 Å². The molecular weight excluding hydrogens is 156 g/mol. The van der Waals surface area contributed by atoms with Crippen molar-refractivity contribution in [2.75, 3.05) is 6.54 Å². The maximum absolute atomic E-state index is 4.39. The minimum absolute atomic E-state index is 0.402. The summed E-state index contributed by atoms with van der Waals surface area (Å²) in [6.45, 7) is 7.27. The van der Waals surface area contributed by atoms with Gasteiger partial charge in [-0.3, -0.25) is 0 Å².